The smallest absolute Gasteiger partial charge is 0.155 e. The first-order valence-electron chi connectivity index (χ1n) is 6.94. The second-order valence-electron chi connectivity index (χ2n) is 5.45. The molecule has 1 aliphatic carbocycles. The van der Waals surface area contributed by atoms with E-state index >= 15 is 0 Å². The highest BCUT2D eigenvalue weighted by atomic mass is 15.3. The Morgan fingerprint density at radius 1 is 1.25 bits per heavy atom. The van der Waals surface area contributed by atoms with Gasteiger partial charge in [-0.1, -0.05) is 6.07 Å². The highest BCUT2D eigenvalue weighted by Crippen LogP contribution is 2.38. The molecule has 100 valence electrons. The lowest BCUT2D eigenvalue weighted by atomic mass is 9.94. The van der Waals surface area contributed by atoms with E-state index in [0.717, 1.165) is 35.3 Å². The molecule has 2 N–H and O–H groups in total. The highest BCUT2D eigenvalue weighted by Gasteiger charge is 2.19. The minimum atomic E-state index is 0.853. The van der Waals surface area contributed by atoms with E-state index in [1.165, 1.54) is 23.1 Å². The Bertz CT molecular complexity index is 817. The third kappa shape index (κ3) is 1.54. The van der Waals surface area contributed by atoms with Crippen LogP contribution in [-0.2, 0) is 12.8 Å². The van der Waals surface area contributed by atoms with Gasteiger partial charge in [0.05, 0.1) is 0 Å². The van der Waals surface area contributed by atoms with Crippen molar-refractivity contribution in [2.75, 3.05) is 5.73 Å². The molecule has 1 aliphatic rings. The topological polar surface area (TPSA) is 56.2 Å². The van der Waals surface area contributed by atoms with Gasteiger partial charge in [-0.3, -0.25) is 0 Å². The van der Waals surface area contributed by atoms with Crippen LogP contribution in [0.5, 0.6) is 0 Å². The molecule has 2 heterocycles. The van der Waals surface area contributed by atoms with Crippen LogP contribution in [0.25, 0.3) is 16.8 Å². The third-order valence-corrected chi connectivity index (χ3v) is 4.20. The molecule has 0 saturated heterocycles. The van der Waals surface area contributed by atoms with Gasteiger partial charge in [0, 0.05) is 23.0 Å². The summed E-state index contributed by atoms with van der Waals surface area (Å²) in [5.41, 5.74) is 14.5. The maximum absolute atomic E-state index is 6.44. The predicted octanol–water partition coefficient (Wildman–Crippen LogP) is 2.78. The SMILES string of the molecule is Cc1cc2c(c(N)c1-c1ccc3ncnn3c1)CCC2. The van der Waals surface area contributed by atoms with Crippen molar-refractivity contribution in [3.05, 3.63) is 47.4 Å². The van der Waals surface area contributed by atoms with Gasteiger partial charge in [-0.2, -0.15) is 5.10 Å². The van der Waals surface area contributed by atoms with Gasteiger partial charge in [0.2, 0.25) is 0 Å². The second kappa shape index (κ2) is 4.07. The zero-order valence-corrected chi connectivity index (χ0v) is 11.4. The Morgan fingerprint density at radius 3 is 3.05 bits per heavy atom. The summed E-state index contributed by atoms with van der Waals surface area (Å²) in [6.07, 6.45) is 7.04. The molecule has 4 heteroatoms. The number of rotatable bonds is 1. The molecule has 0 radical (unpaired) electrons. The van der Waals surface area contributed by atoms with Crippen molar-refractivity contribution in [2.45, 2.75) is 26.2 Å². The molecule has 0 fully saturated rings. The standard InChI is InChI=1S/C16H16N4/c1-10-7-11-3-2-4-13(11)16(17)15(10)12-5-6-14-18-9-19-20(14)8-12/h5-9H,2-4,17H2,1H3. The summed E-state index contributed by atoms with van der Waals surface area (Å²) < 4.78 is 1.79. The second-order valence-corrected chi connectivity index (χ2v) is 5.45. The Balaban J connectivity index is 1.97. The fourth-order valence-electron chi connectivity index (χ4n) is 3.28. The number of nitrogens with two attached hydrogens (primary N) is 1. The third-order valence-electron chi connectivity index (χ3n) is 4.20. The van der Waals surface area contributed by atoms with Crippen LogP contribution in [0.4, 0.5) is 5.69 Å². The lowest BCUT2D eigenvalue weighted by molar-refractivity contribution is 0.912. The van der Waals surface area contributed by atoms with Crippen LogP contribution < -0.4 is 5.73 Å². The van der Waals surface area contributed by atoms with E-state index in [1.54, 1.807) is 10.8 Å². The molecule has 0 aliphatic heterocycles. The van der Waals surface area contributed by atoms with Crippen molar-refractivity contribution >= 4 is 11.3 Å². The number of pyridine rings is 1. The first kappa shape index (κ1) is 11.5. The summed E-state index contributed by atoms with van der Waals surface area (Å²) in [7, 11) is 0. The molecule has 2 aromatic heterocycles. The van der Waals surface area contributed by atoms with E-state index < -0.39 is 0 Å². The van der Waals surface area contributed by atoms with Gasteiger partial charge in [-0.25, -0.2) is 9.50 Å². The molecule has 20 heavy (non-hydrogen) atoms. The highest BCUT2D eigenvalue weighted by molar-refractivity contribution is 5.83. The quantitative estimate of drug-likeness (QED) is 0.688. The van der Waals surface area contributed by atoms with Crippen LogP contribution in [0.1, 0.15) is 23.1 Å². The summed E-state index contributed by atoms with van der Waals surface area (Å²) in [6.45, 7) is 2.13. The van der Waals surface area contributed by atoms with Crippen LogP contribution in [0.2, 0.25) is 0 Å². The lowest BCUT2D eigenvalue weighted by Gasteiger charge is -2.14. The number of anilines is 1. The van der Waals surface area contributed by atoms with Crippen LogP contribution in [-0.4, -0.2) is 14.6 Å². The van der Waals surface area contributed by atoms with Gasteiger partial charge in [0.25, 0.3) is 0 Å². The van der Waals surface area contributed by atoms with E-state index in [-0.39, 0.29) is 0 Å². The van der Waals surface area contributed by atoms with Gasteiger partial charge in [0.1, 0.15) is 6.33 Å². The molecular weight excluding hydrogens is 248 g/mol. The van der Waals surface area contributed by atoms with Crippen molar-refractivity contribution < 1.29 is 0 Å². The fourth-order valence-corrected chi connectivity index (χ4v) is 3.28. The van der Waals surface area contributed by atoms with Crippen LogP contribution in [0, 0.1) is 6.92 Å². The molecule has 4 nitrogen and oxygen atoms in total. The van der Waals surface area contributed by atoms with E-state index in [1.807, 2.05) is 12.3 Å². The number of aryl methyl sites for hydroxylation is 2. The van der Waals surface area contributed by atoms with Gasteiger partial charge < -0.3 is 5.73 Å². The Hall–Kier alpha value is -2.36. The molecule has 4 rings (SSSR count). The number of hydrogen-bond donors (Lipinski definition) is 1. The zero-order chi connectivity index (χ0) is 13.7. The van der Waals surface area contributed by atoms with Gasteiger partial charge in [0.15, 0.2) is 5.65 Å². The first-order chi connectivity index (χ1) is 9.74. The van der Waals surface area contributed by atoms with Gasteiger partial charge >= 0.3 is 0 Å². The molecule has 0 saturated carbocycles. The molecular formula is C16H16N4. The van der Waals surface area contributed by atoms with E-state index in [2.05, 4.69) is 29.1 Å². The largest absolute Gasteiger partial charge is 0.398 e. The summed E-state index contributed by atoms with van der Waals surface area (Å²) in [5, 5.41) is 4.20. The minimum Gasteiger partial charge on any atom is -0.398 e. The van der Waals surface area contributed by atoms with Gasteiger partial charge in [-0.05, 0) is 55.0 Å². The van der Waals surface area contributed by atoms with Crippen LogP contribution in [0.15, 0.2) is 30.7 Å². The maximum atomic E-state index is 6.44. The number of benzene rings is 1. The van der Waals surface area contributed by atoms with Crippen molar-refractivity contribution in [2.24, 2.45) is 0 Å². The van der Waals surface area contributed by atoms with Crippen LogP contribution >= 0.6 is 0 Å². The van der Waals surface area contributed by atoms with Crippen LogP contribution in [0.3, 0.4) is 0 Å². The maximum Gasteiger partial charge on any atom is 0.155 e. The summed E-state index contributed by atoms with van der Waals surface area (Å²) in [6, 6.07) is 6.35. The summed E-state index contributed by atoms with van der Waals surface area (Å²) in [4.78, 5) is 4.18. The Labute approximate surface area is 117 Å². The fraction of sp³-hybridized carbons (Fsp3) is 0.250. The summed E-state index contributed by atoms with van der Waals surface area (Å²) >= 11 is 0. The number of aromatic nitrogens is 3. The lowest BCUT2D eigenvalue weighted by Crippen LogP contribution is -2.00. The monoisotopic (exact) mass is 264 g/mol. The van der Waals surface area contributed by atoms with E-state index in [4.69, 9.17) is 5.73 Å². The molecule has 0 amide bonds. The molecule has 3 aromatic rings. The number of nitrogens with zero attached hydrogens (tertiary/aromatic N) is 3. The Kier molecular flexibility index (Phi) is 2.33. The molecule has 0 spiro atoms. The number of nitrogen functional groups attached to an aromatic ring is 1. The van der Waals surface area contributed by atoms with Gasteiger partial charge in [-0.15, -0.1) is 0 Å². The number of hydrogen-bond acceptors (Lipinski definition) is 3. The molecule has 0 bridgehead atoms. The summed E-state index contributed by atoms with van der Waals surface area (Å²) in [5.74, 6) is 0. The zero-order valence-electron chi connectivity index (χ0n) is 11.4. The first-order valence-corrected chi connectivity index (χ1v) is 6.94. The van der Waals surface area contributed by atoms with Crippen molar-refractivity contribution in [3.8, 4) is 11.1 Å². The average Bonchev–Trinajstić information content (AvgIpc) is 3.06. The molecule has 0 unspecified atom stereocenters. The number of fused-ring (bicyclic) bond motifs is 2. The van der Waals surface area contributed by atoms with Crippen molar-refractivity contribution in [3.63, 3.8) is 0 Å². The molecule has 1 aromatic carbocycles. The van der Waals surface area contributed by atoms with E-state index in [0.29, 0.717) is 0 Å². The average molecular weight is 264 g/mol. The predicted molar refractivity (Wildman–Crippen MR) is 79.6 cm³/mol. The van der Waals surface area contributed by atoms with Crippen molar-refractivity contribution in [1.29, 1.82) is 0 Å². The van der Waals surface area contributed by atoms with Crippen molar-refractivity contribution in [1.82, 2.24) is 14.6 Å². The Morgan fingerprint density at radius 2 is 2.15 bits per heavy atom. The molecule has 0 atom stereocenters. The normalized spacial score (nSPS) is 13.8. The van der Waals surface area contributed by atoms with E-state index in [9.17, 15) is 0 Å². The minimum absolute atomic E-state index is 0.853.